The van der Waals surface area contributed by atoms with Crippen LogP contribution in [0.1, 0.15) is 37.8 Å². The van der Waals surface area contributed by atoms with E-state index in [0.29, 0.717) is 0 Å². The van der Waals surface area contributed by atoms with Crippen LogP contribution in [0.5, 0.6) is 0 Å². The number of hydrogen-bond donors (Lipinski definition) is 2. The van der Waals surface area contributed by atoms with Crippen LogP contribution < -0.4 is 5.32 Å². The molecule has 0 bridgehead atoms. The predicted molar refractivity (Wildman–Crippen MR) is 73.1 cm³/mol. The Hall–Kier alpha value is -1.84. The predicted octanol–water partition coefficient (Wildman–Crippen LogP) is 2.61. The Morgan fingerprint density at radius 1 is 1.26 bits per heavy atom. The second-order valence-corrected chi connectivity index (χ2v) is 5.75. The molecule has 2 N–H and O–H groups in total. The number of anilines is 1. The summed E-state index contributed by atoms with van der Waals surface area (Å²) in [6.45, 7) is 3.11. The molecular weight excluding hydrogens is 242 g/mol. The first kappa shape index (κ1) is 13.6. The Bertz CT molecular complexity index is 520. The molecule has 0 atom stereocenters. The third-order valence-electron chi connectivity index (χ3n) is 3.56. The molecule has 0 unspecified atom stereocenters. The van der Waals surface area contributed by atoms with Crippen LogP contribution in [0.2, 0.25) is 0 Å². The highest BCUT2D eigenvalue weighted by Gasteiger charge is 2.30. The van der Waals surface area contributed by atoms with Gasteiger partial charge in [0.05, 0.1) is 5.41 Å². The van der Waals surface area contributed by atoms with E-state index in [2.05, 4.69) is 5.32 Å². The highest BCUT2D eigenvalue weighted by atomic mass is 16.4. The van der Waals surface area contributed by atoms with Gasteiger partial charge >= 0.3 is 5.97 Å². The lowest BCUT2D eigenvalue weighted by Crippen LogP contribution is -2.29. The van der Waals surface area contributed by atoms with Crippen molar-refractivity contribution in [2.24, 2.45) is 5.41 Å². The number of carboxylic acid groups (broad SMARTS) is 1. The van der Waals surface area contributed by atoms with Crippen LogP contribution in [-0.2, 0) is 22.4 Å². The molecule has 1 aromatic carbocycles. The fraction of sp³-hybridized carbons (Fsp3) is 0.467. The minimum Gasteiger partial charge on any atom is -0.481 e. The third-order valence-corrected chi connectivity index (χ3v) is 3.56. The molecule has 0 aliphatic heterocycles. The zero-order chi connectivity index (χ0) is 14.0. The second kappa shape index (κ2) is 5.03. The lowest BCUT2D eigenvalue weighted by Gasteiger charge is -2.18. The van der Waals surface area contributed by atoms with Gasteiger partial charge in [0.25, 0.3) is 0 Å². The van der Waals surface area contributed by atoms with Crippen molar-refractivity contribution in [3.8, 4) is 0 Å². The summed E-state index contributed by atoms with van der Waals surface area (Å²) < 4.78 is 0. The molecule has 19 heavy (non-hydrogen) atoms. The van der Waals surface area contributed by atoms with E-state index >= 15 is 0 Å². The maximum atomic E-state index is 11.9. The standard InChI is InChI=1S/C15H19NO3/c1-15(2,14(18)19)9-13(17)16-12-7-6-10-4-3-5-11(10)8-12/h6-8H,3-5,9H2,1-2H3,(H,16,17)(H,18,19). The summed E-state index contributed by atoms with van der Waals surface area (Å²) in [5.41, 5.74) is 2.35. The molecule has 1 amide bonds. The molecule has 102 valence electrons. The summed E-state index contributed by atoms with van der Waals surface area (Å²) in [5, 5.41) is 11.8. The van der Waals surface area contributed by atoms with Gasteiger partial charge in [-0.3, -0.25) is 9.59 Å². The highest BCUT2D eigenvalue weighted by molar-refractivity contribution is 5.94. The number of nitrogens with one attached hydrogen (secondary N) is 1. The molecule has 0 heterocycles. The number of amides is 1. The smallest absolute Gasteiger partial charge is 0.309 e. The van der Waals surface area contributed by atoms with Crippen molar-refractivity contribution in [2.45, 2.75) is 39.5 Å². The van der Waals surface area contributed by atoms with E-state index in [9.17, 15) is 9.59 Å². The third kappa shape index (κ3) is 3.13. The van der Waals surface area contributed by atoms with Crippen molar-refractivity contribution in [1.29, 1.82) is 0 Å². The van der Waals surface area contributed by atoms with Crippen LogP contribution in [0.4, 0.5) is 5.69 Å². The summed E-state index contributed by atoms with van der Waals surface area (Å²) in [5.74, 6) is -1.22. The van der Waals surface area contributed by atoms with E-state index in [0.717, 1.165) is 18.5 Å². The number of aryl methyl sites for hydroxylation is 2. The zero-order valence-corrected chi connectivity index (χ0v) is 11.3. The van der Waals surface area contributed by atoms with Gasteiger partial charge in [0.1, 0.15) is 0 Å². The summed E-state index contributed by atoms with van der Waals surface area (Å²) in [4.78, 5) is 22.8. The summed E-state index contributed by atoms with van der Waals surface area (Å²) in [7, 11) is 0. The molecule has 1 aromatic rings. The number of fused-ring (bicyclic) bond motifs is 1. The molecule has 4 nitrogen and oxygen atoms in total. The highest BCUT2D eigenvalue weighted by Crippen LogP contribution is 2.26. The van der Waals surface area contributed by atoms with Crippen LogP contribution in [0.25, 0.3) is 0 Å². The molecule has 0 spiro atoms. The van der Waals surface area contributed by atoms with Gasteiger partial charge in [0.15, 0.2) is 0 Å². The SMILES string of the molecule is CC(C)(CC(=O)Nc1ccc2c(c1)CCC2)C(=O)O. The first-order valence-electron chi connectivity index (χ1n) is 6.53. The van der Waals surface area contributed by atoms with Crippen LogP contribution in [0.3, 0.4) is 0 Å². The summed E-state index contributed by atoms with van der Waals surface area (Å²) >= 11 is 0. The van der Waals surface area contributed by atoms with Crippen LogP contribution in [0, 0.1) is 5.41 Å². The van der Waals surface area contributed by atoms with Crippen LogP contribution >= 0.6 is 0 Å². The van der Waals surface area contributed by atoms with Gasteiger partial charge in [-0.1, -0.05) is 6.07 Å². The number of carboxylic acids is 1. The minimum absolute atomic E-state index is 0.0284. The van der Waals surface area contributed by atoms with Crippen molar-refractivity contribution in [3.05, 3.63) is 29.3 Å². The van der Waals surface area contributed by atoms with Gasteiger partial charge in [-0.15, -0.1) is 0 Å². The fourth-order valence-corrected chi connectivity index (χ4v) is 2.33. The fourth-order valence-electron chi connectivity index (χ4n) is 2.33. The van der Waals surface area contributed by atoms with E-state index in [1.807, 2.05) is 18.2 Å². The van der Waals surface area contributed by atoms with Crippen molar-refractivity contribution < 1.29 is 14.7 Å². The van der Waals surface area contributed by atoms with Gasteiger partial charge in [-0.25, -0.2) is 0 Å². The zero-order valence-electron chi connectivity index (χ0n) is 11.3. The molecule has 1 aliphatic rings. The minimum atomic E-state index is -1.04. The first-order valence-corrected chi connectivity index (χ1v) is 6.53. The number of carbonyl (C=O) groups excluding carboxylic acids is 1. The maximum Gasteiger partial charge on any atom is 0.309 e. The van der Waals surface area contributed by atoms with Crippen molar-refractivity contribution in [2.75, 3.05) is 5.32 Å². The lowest BCUT2D eigenvalue weighted by molar-refractivity contribution is -0.148. The molecule has 0 saturated carbocycles. The molecule has 0 fully saturated rings. The molecule has 4 heteroatoms. The number of benzene rings is 1. The Morgan fingerprint density at radius 2 is 1.95 bits per heavy atom. The summed E-state index contributed by atoms with van der Waals surface area (Å²) in [6, 6.07) is 5.92. The number of rotatable bonds is 4. The molecular formula is C15H19NO3. The molecule has 2 rings (SSSR count). The molecule has 0 saturated heterocycles. The number of carbonyl (C=O) groups is 2. The van der Waals surface area contributed by atoms with Gasteiger partial charge in [0, 0.05) is 12.1 Å². The average molecular weight is 261 g/mol. The lowest BCUT2D eigenvalue weighted by atomic mass is 9.89. The van der Waals surface area contributed by atoms with Crippen molar-refractivity contribution >= 4 is 17.6 Å². The number of hydrogen-bond acceptors (Lipinski definition) is 2. The topological polar surface area (TPSA) is 66.4 Å². The van der Waals surface area contributed by atoms with Gasteiger partial charge in [-0.2, -0.15) is 0 Å². The van der Waals surface area contributed by atoms with Gasteiger partial charge in [0.2, 0.25) is 5.91 Å². The van der Waals surface area contributed by atoms with Gasteiger partial charge in [-0.05, 0) is 56.4 Å². The number of aliphatic carboxylic acids is 1. The Morgan fingerprint density at radius 3 is 2.63 bits per heavy atom. The maximum absolute atomic E-state index is 11.9. The van der Waals surface area contributed by atoms with Crippen LogP contribution in [0.15, 0.2) is 18.2 Å². The first-order chi connectivity index (χ1) is 8.88. The van der Waals surface area contributed by atoms with E-state index in [1.165, 1.54) is 17.5 Å². The second-order valence-electron chi connectivity index (χ2n) is 5.75. The van der Waals surface area contributed by atoms with E-state index < -0.39 is 11.4 Å². The van der Waals surface area contributed by atoms with E-state index in [4.69, 9.17) is 5.11 Å². The Balaban J connectivity index is 2.01. The normalized spacial score (nSPS) is 14.0. The van der Waals surface area contributed by atoms with E-state index in [-0.39, 0.29) is 12.3 Å². The largest absolute Gasteiger partial charge is 0.481 e. The Labute approximate surface area is 112 Å². The van der Waals surface area contributed by atoms with Crippen molar-refractivity contribution in [1.82, 2.24) is 0 Å². The molecule has 0 aromatic heterocycles. The quantitative estimate of drug-likeness (QED) is 0.875. The van der Waals surface area contributed by atoms with Crippen LogP contribution in [-0.4, -0.2) is 17.0 Å². The Kier molecular flexibility index (Phi) is 3.60. The molecule has 0 radical (unpaired) electrons. The monoisotopic (exact) mass is 261 g/mol. The molecule has 1 aliphatic carbocycles. The van der Waals surface area contributed by atoms with E-state index in [1.54, 1.807) is 13.8 Å². The average Bonchev–Trinajstić information content (AvgIpc) is 2.74. The summed E-state index contributed by atoms with van der Waals surface area (Å²) in [6.07, 6.45) is 3.30. The van der Waals surface area contributed by atoms with Gasteiger partial charge < -0.3 is 10.4 Å². The van der Waals surface area contributed by atoms with Crippen molar-refractivity contribution in [3.63, 3.8) is 0 Å².